The van der Waals surface area contributed by atoms with Crippen LogP contribution < -0.4 is 10.6 Å². The Morgan fingerprint density at radius 2 is 1.86 bits per heavy atom. The Morgan fingerprint density at radius 3 is 2.36 bits per heavy atom. The van der Waals surface area contributed by atoms with Crippen LogP contribution in [0.1, 0.15) is 33.6 Å². The van der Waals surface area contributed by atoms with E-state index in [0.29, 0.717) is 12.6 Å². The van der Waals surface area contributed by atoms with Crippen molar-refractivity contribution >= 4 is 6.03 Å². The molecule has 1 heterocycles. The number of amides is 2. The first-order chi connectivity index (χ1) is 10.2. The zero-order valence-corrected chi connectivity index (χ0v) is 14.9. The van der Waals surface area contributed by atoms with Crippen LogP contribution in [0.2, 0.25) is 0 Å². The molecule has 0 radical (unpaired) electrons. The molecule has 0 saturated carbocycles. The van der Waals surface area contributed by atoms with Crippen LogP contribution in [0.4, 0.5) is 4.79 Å². The van der Waals surface area contributed by atoms with Gasteiger partial charge in [-0.25, -0.2) is 4.79 Å². The van der Waals surface area contributed by atoms with Crippen LogP contribution >= 0.6 is 0 Å². The van der Waals surface area contributed by atoms with Crippen LogP contribution in [-0.2, 0) is 0 Å². The third-order valence-electron chi connectivity index (χ3n) is 4.46. The van der Waals surface area contributed by atoms with Crippen LogP contribution in [-0.4, -0.2) is 79.9 Å². The molecule has 6 nitrogen and oxygen atoms in total. The van der Waals surface area contributed by atoms with Crippen LogP contribution in [0.15, 0.2) is 0 Å². The number of likely N-dealkylation sites (tertiary alicyclic amines) is 1. The lowest BCUT2D eigenvalue weighted by Gasteiger charge is -2.35. The lowest BCUT2D eigenvalue weighted by atomic mass is 9.89. The Balaban J connectivity index is 2.11. The first-order valence-corrected chi connectivity index (χ1v) is 8.28. The van der Waals surface area contributed by atoms with Gasteiger partial charge in [-0.15, -0.1) is 0 Å². The molecule has 0 aromatic carbocycles. The average molecular weight is 314 g/mol. The second kappa shape index (κ2) is 8.70. The summed E-state index contributed by atoms with van der Waals surface area (Å²) >= 11 is 0. The number of nitrogens with zero attached hydrogens (tertiary/aromatic N) is 2. The first kappa shape index (κ1) is 19.2. The lowest BCUT2D eigenvalue weighted by Crippen LogP contribution is -2.47. The molecule has 130 valence electrons. The predicted octanol–water partition coefficient (Wildman–Crippen LogP) is 0.719. The minimum Gasteiger partial charge on any atom is -0.391 e. The van der Waals surface area contributed by atoms with Gasteiger partial charge in [-0.3, -0.25) is 0 Å². The summed E-state index contributed by atoms with van der Waals surface area (Å²) in [6.07, 6.45) is 1.84. The maximum absolute atomic E-state index is 11.7. The highest BCUT2D eigenvalue weighted by Gasteiger charge is 2.22. The molecule has 6 heteroatoms. The summed E-state index contributed by atoms with van der Waals surface area (Å²) in [5, 5.41) is 15.5. The van der Waals surface area contributed by atoms with E-state index in [2.05, 4.69) is 34.5 Å². The molecule has 1 aliphatic heterocycles. The van der Waals surface area contributed by atoms with Gasteiger partial charge in [-0.05, 0) is 45.4 Å². The van der Waals surface area contributed by atoms with Crippen LogP contribution in [0.3, 0.4) is 0 Å². The molecular formula is C16H34N4O2. The largest absolute Gasteiger partial charge is 0.391 e. The van der Waals surface area contributed by atoms with Gasteiger partial charge in [0.15, 0.2) is 0 Å². The normalized spacial score (nSPS) is 19.2. The molecule has 3 N–H and O–H groups in total. The van der Waals surface area contributed by atoms with Crippen LogP contribution in [0.5, 0.6) is 0 Å². The highest BCUT2D eigenvalue weighted by molar-refractivity contribution is 5.73. The topological polar surface area (TPSA) is 67.8 Å². The number of carbonyl (C=O) groups excluding carboxylic acids is 1. The minimum atomic E-state index is -0.539. The maximum atomic E-state index is 11.7. The van der Waals surface area contributed by atoms with Gasteiger partial charge >= 0.3 is 6.03 Å². The average Bonchev–Trinajstić information content (AvgIpc) is 2.44. The van der Waals surface area contributed by atoms with Gasteiger partial charge in [0.1, 0.15) is 0 Å². The monoisotopic (exact) mass is 314 g/mol. The third kappa shape index (κ3) is 6.94. The van der Waals surface area contributed by atoms with Crippen molar-refractivity contribution in [1.82, 2.24) is 20.4 Å². The van der Waals surface area contributed by atoms with Crippen LogP contribution in [0, 0.1) is 5.41 Å². The molecule has 1 unspecified atom stereocenters. The summed E-state index contributed by atoms with van der Waals surface area (Å²) in [7, 11) is 4.27. The van der Waals surface area contributed by atoms with E-state index in [0.717, 1.165) is 19.6 Å². The SMILES string of the molecule is CN(C)C1CCN(CCNC(=O)NCC(O)C(C)(C)C)CC1. The Kier molecular flexibility index (Phi) is 7.59. The second-order valence-electron chi connectivity index (χ2n) is 7.56. The summed E-state index contributed by atoms with van der Waals surface area (Å²) in [4.78, 5) is 16.4. The number of nitrogens with one attached hydrogen (secondary N) is 2. The summed E-state index contributed by atoms with van der Waals surface area (Å²) in [5.74, 6) is 0. The summed E-state index contributed by atoms with van der Waals surface area (Å²) in [6.45, 7) is 9.85. The molecule has 1 rings (SSSR count). The van der Waals surface area contributed by atoms with Crippen molar-refractivity contribution in [1.29, 1.82) is 0 Å². The smallest absolute Gasteiger partial charge is 0.314 e. The highest BCUT2D eigenvalue weighted by Crippen LogP contribution is 2.18. The molecule has 1 fully saturated rings. The molecule has 1 atom stereocenters. The fourth-order valence-electron chi connectivity index (χ4n) is 2.54. The zero-order valence-electron chi connectivity index (χ0n) is 14.9. The van der Waals surface area contributed by atoms with E-state index < -0.39 is 6.10 Å². The predicted molar refractivity (Wildman–Crippen MR) is 90.0 cm³/mol. The Bertz CT molecular complexity index is 334. The van der Waals surface area contributed by atoms with E-state index in [4.69, 9.17) is 0 Å². The van der Waals surface area contributed by atoms with Crippen molar-refractivity contribution in [3.8, 4) is 0 Å². The molecule has 0 aromatic heterocycles. The van der Waals surface area contributed by atoms with Crippen molar-refractivity contribution in [3.05, 3.63) is 0 Å². The molecular weight excluding hydrogens is 280 g/mol. The standard InChI is InChI=1S/C16H34N4O2/c1-16(2,3)14(21)12-18-15(22)17-8-11-20-9-6-13(7-10-20)19(4)5/h13-14,21H,6-12H2,1-5H3,(H2,17,18,22). The van der Waals surface area contributed by atoms with Gasteiger partial charge in [0, 0.05) is 25.7 Å². The highest BCUT2D eigenvalue weighted by atomic mass is 16.3. The number of aliphatic hydroxyl groups excluding tert-OH is 1. The second-order valence-corrected chi connectivity index (χ2v) is 7.56. The van der Waals surface area contributed by atoms with Crippen molar-refractivity contribution in [2.75, 3.05) is 46.8 Å². The molecule has 0 bridgehead atoms. The van der Waals surface area contributed by atoms with Gasteiger partial charge in [0.05, 0.1) is 6.10 Å². The van der Waals surface area contributed by atoms with Gasteiger partial charge < -0.3 is 25.5 Å². The lowest BCUT2D eigenvalue weighted by molar-refractivity contribution is 0.0649. The fraction of sp³-hybridized carbons (Fsp3) is 0.938. The number of piperidine rings is 1. The summed E-state index contributed by atoms with van der Waals surface area (Å²) < 4.78 is 0. The van der Waals surface area contributed by atoms with E-state index >= 15 is 0 Å². The molecule has 2 amide bonds. The minimum absolute atomic E-state index is 0.202. The van der Waals surface area contributed by atoms with Crippen molar-refractivity contribution in [3.63, 3.8) is 0 Å². The Labute approximate surface area is 135 Å². The summed E-state index contributed by atoms with van der Waals surface area (Å²) in [5.41, 5.74) is -0.218. The number of aliphatic hydroxyl groups is 1. The number of carbonyl (C=O) groups is 1. The summed E-state index contributed by atoms with van der Waals surface area (Å²) in [6, 6.07) is 0.484. The van der Waals surface area contributed by atoms with Gasteiger partial charge in [-0.1, -0.05) is 20.8 Å². The van der Waals surface area contributed by atoms with E-state index in [1.54, 1.807) is 0 Å². The quantitative estimate of drug-likeness (QED) is 0.676. The molecule has 0 aromatic rings. The Hall–Kier alpha value is -0.850. The fourth-order valence-corrected chi connectivity index (χ4v) is 2.54. The van der Waals surface area contributed by atoms with E-state index in [1.165, 1.54) is 12.8 Å². The zero-order chi connectivity index (χ0) is 16.8. The molecule has 0 aliphatic carbocycles. The molecule has 22 heavy (non-hydrogen) atoms. The number of hydrogen-bond acceptors (Lipinski definition) is 4. The maximum Gasteiger partial charge on any atom is 0.314 e. The molecule has 1 saturated heterocycles. The number of rotatable bonds is 6. The van der Waals surface area contributed by atoms with Gasteiger partial charge in [-0.2, -0.15) is 0 Å². The van der Waals surface area contributed by atoms with Crippen molar-refractivity contribution in [2.45, 2.75) is 45.8 Å². The first-order valence-electron chi connectivity index (χ1n) is 8.28. The third-order valence-corrected chi connectivity index (χ3v) is 4.46. The Morgan fingerprint density at radius 1 is 1.27 bits per heavy atom. The molecule has 0 spiro atoms. The van der Waals surface area contributed by atoms with Crippen molar-refractivity contribution < 1.29 is 9.90 Å². The number of urea groups is 1. The van der Waals surface area contributed by atoms with E-state index in [9.17, 15) is 9.90 Å². The number of hydrogen-bond donors (Lipinski definition) is 3. The van der Waals surface area contributed by atoms with Gasteiger partial charge in [0.2, 0.25) is 0 Å². The van der Waals surface area contributed by atoms with Crippen LogP contribution in [0.25, 0.3) is 0 Å². The molecule has 1 aliphatic rings. The van der Waals surface area contributed by atoms with Crippen molar-refractivity contribution in [2.24, 2.45) is 5.41 Å². The van der Waals surface area contributed by atoms with E-state index in [1.807, 2.05) is 20.8 Å². The van der Waals surface area contributed by atoms with Gasteiger partial charge in [0.25, 0.3) is 0 Å². The van der Waals surface area contributed by atoms with E-state index in [-0.39, 0.29) is 18.0 Å².